The van der Waals surface area contributed by atoms with Crippen LogP contribution in [0.2, 0.25) is 0 Å². The first-order chi connectivity index (χ1) is 6.13. The summed E-state index contributed by atoms with van der Waals surface area (Å²) in [6, 6.07) is 0. The molecule has 0 spiro atoms. The van der Waals surface area contributed by atoms with E-state index in [9.17, 15) is 9.59 Å². The van der Waals surface area contributed by atoms with Gasteiger partial charge in [-0.3, -0.25) is 9.59 Å². The monoisotopic (exact) mass is 187 g/mol. The lowest BCUT2D eigenvalue weighted by molar-refractivity contribution is -0.153. The van der Waals surface area contributed by atoms with Gasteiger partial charge in [-0.1, -0.05) is 0 Å². The fourth-order valence-electron chi connectivity index (χ4n) is 1.25. The minimum atomic E-state index is -0.485. The summed E-state index contributed by atoms with van der Waals surface area (Å²) in [6.45, 7) is 3.60. The number of nitrogens with one attached hydrogen (secondary N) is 1. The van der Waals surface area contributed by atoms with Gasteiger partial charge >= 0.3 is 5.97 Å². The van der Waals surface area contributed by atoms with Crippen molar-refractivity contribution in [1.29, 1.82) is 0 Å². The van der Waals surface area contributed by atoms with Crippen LogP contribution in [0.15, 0.2) is 0 Å². The van der Waals surface area contributed by atoms with Crippen LogP contribution in [0.3, 0.4) is 0 Å². The van der Waals surface area contributed by atoms with Gasteiger partial charge in [-0.15, -0.1) is 0 Å². The second-order valence-electron chi connectivity index (χ2n) is 2.80. The summed E-state index contributed by atoms with van der Waals surface area (Å²) in [6.07, 6.45) is -0.782. The Hall–Kier alpha value is -1.10. The van der Waals surface area contributed by atoms with E-state index in [4.69, 9.17) is 9.47 Å². The van der Waals surface area contributed by atoms with E-state index in [1.807, 2.05) is 6.92 Å². The van der Waals surface area contributed by atoms with Gasteiger partial charge in [-0.05, 0) is 6.92 Å². The van der Waals surface area contributed by atoms with E-state index in [0.29, 0.717) is 6.61 Å². The van der Waals surface area contributed by atoms with Gasteiger partial charge in [0.05, 0.1) is 6.42 Å². The van der Waals surface area contributed by atoms with Gasteiger partial charge in [-0.25, -0.2) is 0 Å². The highest BCUT2D eigenvalue weighted by Crippen LogP contribution is 2.13. The van der Waals surface area contributed by atoms with Crippen molar-refractivity contribution in [3.05, 3.63) is 0 Å². The van der Waals surface area contributed by atoms with Crippen LogP contribution >= 0.6 is 0 Å². The summed E-state index contributed by atoms with van der Waals surface area (Å²) in [5.74, 6) is -0.545. The Morgan fingerprint density at radius 2 is 2.38 bits per heavy atom. The molecule has 1 N–H and O–H groups in total. The quantitative estimate of drug-likeness (QED) is 0.621. The highest BCUT2D eigenvalue weighted by atomic mass is 16.6. The van der Waals surface area contributed by atoms with E-state index in [1.54, 1.807) is 0 Å². The Morgan fingerprint density at radius 1 is 1.69 bits per heavy atom. The van der Waals surface area contributed by atoms with Crippen molar-refractivity contribution in [2.75, 3.05) is 6.61 Å². The van der Waals surface area contributed by atoms with Crippen LogP contribution in [0.1, 0.15) is 20.3 Å². The lowest BCUT2D eigenvalue weighted by Gasteiger charge is -2.17. The molecule has 0 radical (unpaired) electrons. The molecule has 1 unspecified atom stereocenters. The zero-order valence-corrected chi connectivity index (χ0v) is 7.70. The van der Waals surface area contributed by atoms with Crippen LogP contribution in [-0.2, 0) is 19.1 Å². The molecule has 1 aliphatic heterocycles. The van der Waals surface area contributed by atoms with Crippen molar-refractivity contribution < 1.29 is 19.1 Å². The predicted octanol–water partition coefficient (Wildman–Crippen LogP) is -0.199. The van der Waals surface area contributed by atoms with Crippen LogP contribution in [-0.4, -0.2) is 30.8 Å². The van der Waals surface area contributed by atoms with Crippen molar-refractivity contribution in [2.24, 2.45) is 0 Å². The van der Waals surface area contributed by atoms with Crippen LogP contribution in [0.4, 0.5) is 0 Å². The molecule has 74 valence electrons. The molecule has 0 bridgehead atoms. The Kier molecular flexibility index (Phi) is 3.25. The van der Waals surface area contributed by atoms with E-state index in [-0.39, 0.29) is 12.3 Å². The van der Waals surface area contributed by atoms with Crippen molar-refractivity contribution in [2.45, 2.75) is 32.6 Å². The van der Waals surface area contributed by atoms with E-state index >= 15 is 0 Å². The fraction of sp³-hybridized carbons (Fsp3) is 0.750. The fourth-order valence-corrected chi connectivity index (χ4v) is 1.25. The first-order valence-electron chi connectivity index (χ1n) is 4.21. The Labute approximate surface area is 76.4 Å². The molecule has 1 heterocycles. The molecule has 13 heavy (non-hydrogen) atoms. The molecule has 5 heteroatoms. The molecule has 5 nitrogen and oxygen atoms in total. The van der Waals surface area contributed by atoms with Crippen molar-refractivity contribution in [3.63, 3.8) is 0 Å². The summed E-state index contributed by atoms with van der Waals surface area (Å²) in [4.78, 5) is 21.6. The molecule has 0 aromatic rings. The van der Waals surface area contributed by atoms with Crippen molar-refractivity contribution in [3.8, 4) is 0 Å². The summed E-state index contributed by atoms with van der Waals surface area (Å²) in [5, 5.41) is 2.57. The molecule has 0 aromatic carbocycles. The summed E-state index contributed by atoms with van der Waals surface area (Å²) in [7, 11) is 0. The first-order valence-corrected chi connectivity index (χ1v) is 4.21. The van der Waals surface area contributed by atoms with Crippen LogP contribution in [0, 0.1) is 0 Å². The first kappa shape index (κ1) is 9.98. The molecule has 0 aliphatic carbocycles. The van der Waals surface area contributed by atoms with Gasteiger partial charge in [0.25, 0.3) is 0 Å². The van der Waals surface area contributed by atoms with Gasteiger partial charge in [-0.2, -0.15) is 0 Å². The van der Waals surface area contributed by atoms with Crippen molar-refractivity contribution in [1.82, 2.24) is 5.32 Å². The van der Waals surface area contributed by atoms with Gasteiger partial charge in [0.2, 0.25) is 5.91 Å². The number of hydrogen-bond donors (Lipinski definition) is 1. The standard InChI is InChI=1S/C8H13NO4/c1-3-12-8-6(13-5(2)10)4-7(11)9-8/h6,8H,3-4H2,1-2H3,(H,9,11)/t6-,8?/m0/s1. The van der Waals surface area contributed by atoms with Crippen LogP contribution in [0.5, 0.6) is 0 Å². The highest BCUT2D eigenvalue weighted by Gasteiger charge is 2.35. The average molecular weight is 187 g/mol. The lowest BCUT2D eigenvalue weighted by Crippen LogP contribution is -2.36. The number of hydrogen-bond acceptors (Lipinski definition) is 4. The molecule has 1 aliphatic rings. The Bertz CT molecular complexity index is 216. The number of ether oxygens (including phenoxy) is 2. The number of esters is 1. The third-order valence-corrected chi connectivity index (χ3v) is 1.69. The normalized spacial score (nSPS) is 27.1. The molecule has 2 atom stereocenters. The van der Waals surface area contributed by atoms with Crippen LogP contribution < -0.4 is 5.32 Å². The molecule has 1 fully saturated rings. The molecule has 1 rings (SSSR count). The minimum absolute atomic E-state index is 0.148. The summed E-state index contributed by atoms with van der Waals surface area (Å²) >= 11 is 0. The van der Waals surface area contributed by atoms with Gasteiger partial charge in [0.1, 0.15) is 0 Å². The number of amides is 1. The third-order valence-electron chi connectivity index (χ3n) is 1.69. The predicted molar refractivity (Wildman–Crippen MR) is 43.7 cm³/mol. The molecule has 0 aromatic heterocycles. The van der Waals surface area contributed by atoms with Crippen molar-refractivity contribution >= 4 is 11.9 Å². The van der Waals surface area contributed by atoms with Crippen LogP contribution in [0.25, 0.3) is 0 Å². The van der Waals surface area contributed by atoms with Gasteiger partial charge < -0.3 is 14.8 Å². The lowest BCUT2D eigenvalue weighted by atomic mass is 10.3. The second-order valence-corrected chi connectivity index (χ2v) is 2.80. The highest BCUT2D eigenvalue weighted by molar-refractivity contribution is 5.80. The van der Waals surface area contributed by atoms with Gasteiger partial charge in [0, 0.05) is 13.5 Å². The zero-order chi connectivity index (χ0) is 9.84. The van der Waals surface area contributed by atoms with E-state index in [0.717, 1.165) is 0 Å². The molecule has 0 saturated carbocycles. The maximum atomic E-state index is 10.9. The molecular formula is C8H13NO4. The molecule has 1 amide bonds. The SMILES string of the molecule is CCOC1NC(=O)C[C@@H]1OC(C)=O. The number of carbonyl (C=O) groups is 2. The summed E-state index contributed by atoms with van der Waals surface area (Å²) < 4.78 is 10.1. The number of carbonyl (C=O) groups excluding carboxylic acids is 2. The minimum Gasteiger partial charge on any atom is -0.457 e. The maximum Gasteiger partial charge on any atom is 0.303 e. The van der Waals surface area contributed by atoms with Gasteiger partial charge in [0.15, 0.2) is 12.3 Å². The zero-order valence-electron chi connectivity index (χ0n) is 7.70. The topological polar surface area (TPSA) is 64.6 Å². The average Bonchev–Trinajstić information content (AvgIpc) is 2.31. The summed E-state index contributed by atoms with van der Waals surface area (Å²) in [5.41, 5.74) is 0. The Balaban J connectivity index is 2.49. The largest absolute Gasteiger partial charge is 0.457 e. The maximum absolute atomic E-state index is 10.9. The smallest absolute Gasteiger partial charge is 0.303 e. The second kappa shape index (κ2) is 4.23. The van der Waals surface area contributed by atoms with E-state index < -0.39 is 18.3 Å². The molecule has 1 saturated heterocycles. The Morgan fingerprint density at radius 3 is 2.92 bits per heavy atom. The molecular weight excluding hydrogens is 174 g/mol. The van der Waals surface area contributed by atoms with E-state index in [1.165, 1.54) is 6.92 Å². The third kappa shape index (κ3) is 2.69. The number of rotatable bonds is 3. The van der Waals surface area contributed by atoms with E-state index in [2.05, 4.69) is 5.32 Å².